The van der Waals surface area contributed by atoms with E-state index in [1.165, 1.54) is 6.20 Å². The van der Waals surface area contributed by atoms with Crippen molar-refractivity contribution in [3.63, 3.8) is 0 Å². The third kappa shape index (κ3) is 5.86. The maximum Gasteiger partial charge on any atom is 0.407 e. The second-order valence-corrected chi connectivity index (χ2v) is 9.47. The highest BCUT2D eigenvalue weighted by Crippen LogP contribution is 2.44. The second kappa shape index (κ2) is 11.1. The summed E-state index contributed by atoms with van der Waals surface area (Å²) in [4.78, 5) is 40.1. The number of amides is 2. The molecule has 9 heteroatoms. The quantitative estimate of drug-likeness (QED) is 0.381. The van der Waals surface area contributed by atoms with Crippen LogP contribution in [0.25, 0.3) is 11.1 Å². The van der Waals surface area contributed by atoms with Gasteiger partial charge in [-0.05, 0) is 28.7 Å². The molecule has 0 radical (unpaired) electrons. The van der Waals surface area contributed by atoms with Crippen LogP contribution in [0.2, 0.25) is 0 Å². The molecule has 1 aliphatic carbocycles. The normalized spacial score (nSPS) is 12.9. The van der Waals surface area contributed by atoms with Gasteiger partial charge in [0.2, 0.25) is 5.91 Å². The van der Waals surface area contributed by atoms with E-state index in [0.29, 0.717) is 11.4 Å². The van der Waals surface area contributed by atoms with Crippen molar-refractivity contribution in [2.75, 3.05) is 6.61 Å². The number of benzene rings is 2. The number of aromatic carboxylic acids is 1. The Hall–Kier alpha value is -3.72. The number of rotatable bonds is 10. The lowest BCUT2D eigenvalue weighted by atomic mass is 9.98. The largest absolute Gasteiger partial charge is 0.477 e. The van der Waals surface area contributed by atoms with Gasteiger partial charge in [-0.1, -0.05) is 61.9 Å². The molecule has 2 aromatic carbocycles. The van der Waals surface area contributed by atoms with Crippen LogP contribution in [0, 0.1) is 0 Å². The lowest BCUT2D eigenvalue weighted by molar-refractivity contribution is -0.121. The minimum absolute atomic E-state index is 0.0323. The van der Waals surface area contributed by atoms with E-state index in [9.17, 15) is 14.4 Å². The van der Waals surface area contributed by atoms with Crippen LogP contribution in [-0.4, -0.2) is 40.7 Å². The van der Waals surface area contributed by atoms with Crippen LogP contribution >= 0.6 is 11.3 Å². The SMILES string of the molecule is CCC[C@H](CC(=O)NCc1ncc(C(=O)O)s1)NC(=O)OCC1c2ccccc2-c2ccccc21. The number of hydrogen-bond donors (Lipinski definition) is 3. The van der Waals surface area contributed by atoms with E-state index >= 15 is 0 Å². The van der Waals surface area contributed by atoms with E-state index in [0.717, 1.165) is 40.0 Å². The molecule has 1 aromatic heterocycles. The average molecular weight is 494 g/mol. The molecule has 0 aliphatic heterocycles. The molecule has 3 N–H and O–H groups in total. The first kappa shape index (κ1) is 24.4. The summed E-state index contributed by atoms with van der Waals surface area (Å²) in [6, 6.07) is 15.9. The Morgan fingerprint density at radius 1 is 1.09 bits per heavy atom. The highest BCUT2D eigenvalue weighted by Gasteiger charge is 2.29. The molecule has 3 aromatic rings. The van der Waals surface area contributed by atoms with Crippen molar-refractivity contribution in [2.24, 2.45) is 0 Å². The number of fused-ring (bicyclic) bond motifs is 3. The number of nitrogens with one attached hydrogen (secondary N) is 2. The summed E-state index contributed by atoms with van der Waals surface area (Å²) >= 11 is 1.02. The second-order valence-electron chi connectivity index (χ2n) is 8.36. The number of thiazole rings is 1. The van der Waals surface area contributed by atoms with Crippen LogP contribution in [0.1, 0.15) is 57.9 Å². The van der Waals surface area contributed by atoms with Gasteiger partial charge in [0.25, 0.3) is 0 Å². The topological polar surface area (TPSA) is 118 Å². The van der Waals surface area contributed by atoms with Gasteiger partial charge in [-0.15, -0.1) is 11.3 Å². The minimum atomic E-state index is -1.05. The highest BCUT2D eigenvalue weighted by molar-refractivity contribution is 7.13. The molecule has 35 heavy (non-hydrogen) atoms. The fourth-order valence-corrected chi connectivity index (χ4v) is 5.04. The van der Waals surface area contributed by atoms with E-state index < -0.39 is 12.1 Å². The van der Waals surface area contributed by atoms with Crippen molar-refractivity contribution < 1.29 is 24.2 Å². The summed E-state index contributed by atoms with van der Waals surface area (Å²) < 4.78 is 5.61. The molecule has 1 aliphatic rings. The van der Waals surface area contributed by atoms with Gasteiger partial charge in [-0.25, -0.2) is 14.6 Å². The maximum absolute atomic E-state index is 12.6. The molecule has 0 saturated carbocycles. The van der Waals surface area contributed by atoms with E-state index in [2.05, 4.69) is 39.9 Å². The van der Waals surface area contributed by atoms with Crippen LogP contribution in [0.5, 0.6) is 0 Å². The molecule has 0 unspecified atom stereocenters. The van der Waals surface area contributed by atoms with Gasteiger partial charge in [0.05, 0.1) is 12.7 Å². The Bertz CT molecular complexity index is 1180. The predicted molar refractivity (Wildman–Crippen MR) is 132 cm³/mol. The lowest BCUT2D eigenvalue weighted by Crippen LogP contribution is -2.39. The molecular weight excluding hydrogens is 466 g/mol. The van der Waals surface area contributed by atoms with Gasteiger partial charge in [-0.2, -0.15) is 0 Å². The van der Waals surface area contributed by atoms with E-state index in [1.807, 2.05) is 31.2 Å². The zero-order chi connectivity index (χ0) is 24.8. The van der Waals surface area contributed by atoms with Gasteiger partial charge >= 0.3 is 12.1 Å². The van der Waals surface area contributed by atoms with Gasteiger partial charge in [0, 0.05) is 18.4 Å². The molecule has 1 atom stereocenters. The molecular formula is C26H27N3O5S. The Labute approximate surface area is 207 Å². The maximum atomic E-state index is 12.6. The standard InChI is InChI=1S/C26H27N3O5S/c1-2-7-16(12-23(30)27-14-24-28-13-22(35-24)25(31)32)29-26(33)34-15-21-19-10-5-3-8-17(19)18-9-4-6-11-20(18)21/h3-6,8-11,13,16,21H,2,7,12,14-15H2,1H3,(H,27,30)(H,29,33)(H,31,32)/t16-/m1/s1. The van der Waals surface area contributed by atoms with E-state index in [-0.39, 0.29) is 42.3 Å². The number of nitrogens with zero attached hydrogens (tertiary/aromatic N) is 1. The number of hydrogen-bond acceptors (Lipinski definition) is 6. The number of ether oxygens (including phenoxy) is 1. The molecule has 0 fully saturated rings. The fraction of sp³-hybridized carbons (Fsp3) is 0.308. The van der Waals surface area contributed by atoms with Gasteiger partial charge in [-0.3, -0.25) is 4.79 Å². The number of aromatic nitrogens is 1. The van der Waals surface area contributed by atoms with Gasteiger partial charge in [0.15, 0.2) is 0 Å². The summed E-state index contributed by atoms with van der Waals surface area (Å²) in [5.74, 6) is -1.33. The zero-order valence-corrected chi connectivity index (χ0v) is 20.1. The Kier molecular flexibility index (Phi) is 7.77. The van der Waals surface area contributed by atoms with Crippen LogP contribution in [0.4, 0.5) is 4.79 Å². The van der Waals surface area contributed by atoms with E-state index in [1.54, 1.807) is 0 Å². The van der Waals surface area contributed by atoms with Crippen molar-refractivity contribution in [2.45, 2.75) is 44.7 Å². The minimum Gasteiger partial charge on any atom is -0.477 e. The van der Waals surface area contributed by atoms with Crippen molar-refractivity contribution in [1.82, 2.24) is 15.6 Å². The van der Waals surface area contributed by atoms with Crippen LogP contribution in [0.3, 0.4) is 0 Å². The summed E-state index contributed by atoms with van der Waals surface area (Å²) in [5, 5.41) is 15.0. The monoisotopic (exact) mass is 493 g/mol. The smallest absolute Gasteiger partial charge is 0.407 e. The zero-order valence-electron chi connectivity index (χ0n) is 19.3. The molecule has 1 heterocycles. The molecule has 4 rings (SSSR count). The summed E-state index contributed by atoms with van der Waals surface area (Å²) in [6.07, 6.45) is 2.22. The Morgan fingerprint density at radius 2 is 1.74 bits per heavy atom. The summed E-state index contributed by atoms with van der Waals surface area (Å²) in [6.45, 7) is 2.33. The summed E-state index contributed by atoms with van der Waals surface area (Å²) in [5.41, 5.74) is 4.60. The molecule has 0 spiro atoms. The van der Waals surface area contributed by atoms with Crippen LogP contribution in [0.15, 0.2) is 54.7 Å². The van der Waals surface area contributed by atoms with Crippen LogP contribution in [-0.2, 0) is 16.1 Å². The first-order valence-electron chi connectivity index (χ1n) is 11.5. The van der Waals surface area contributed by atoms with Gasteiger partial charge in [0.1, 0.15) is 16.5 Å². The van der Waals surface area contributed by atoms with Crippen molar-refractivity contribution in [3.8, 4) is 11.1 Å². The predicted octanol–water partition coefficient (Wildman–Crippen LogP) is 4.56. The van der Waals surface area contributed by atoms with Crippen molar-refractivity contribution >= 4 is 29.3 Å². The lowest BCUT2D eigenvalue weighted by Gasteiger charge is -2.19. The van der Waals surface area contributed by atoms with Crippen molar-refractivity contribution in [3.05, 3.63) is 75.7 Å². The molecule has 8 nitrogen and oxygen atoms in total. The number of carbonyl (C=O) groups excluding carboxylic acids is 2. The highest BCUT2D eigenvalue weighted by atomic mass is 32.1. The van der Waals surface area contributed by atoms with Crippen LogP contribution < -0.4 is 10.6 Å². The average Bonchev–Trinajstić information content (AvgIpc) is 3.45. The number of carboxylic acid groups (broad SMARTS) is 1. The third-order valence-corrected chi connectivity index (χ3v) is 6.92. The number of carbonyl (C=O) groups is 3. The van der Waals surface area contributed by atoms with Gasteiger partial charge < -0.3 is 20.5 Å². The first-order chi connectivity index (χ1) is 17.0. The Balaban J connectivity index is 1.30. The summed E-state index contributed by atoms with van der Waals surface area (Å²) in [7, 11) is 0. The molecule has 0 saturated heterocycles. The molecule has 182 valence electrons. The third-order valence-electron chi connectivity index (χ3n) is 5.94. The van der Waals surface area contributed by atoms with E-state index in [4.69, 9.17) is 9.84 Å². The number of carboxylic acids is 1. The molecule has 2 amide bonds. The molecule has 0 bridgehead atoms. The Morgan fingerprint density at radius 3 is 2.34 bits per heavy atom. The number of alkyl carbamates (subject to hydrolysis) is 1. The first-order valence-corrected chi connectivity index (χ1v) is 12.3. The van der Waals surface area contributed by atoms with Crippen molar-refractivity contribution in [1.29, 1.82) is 0 Å². The fourth-order valence-electron chi connectivity index (χ4n) is 4.34.